The number of hydrogen-bond donors (Lipinski definition) is 1. The highest BCUT2D eigenvalue weighted by Gasteiger charge is 2.24. The maximum atomic E-state index is 12.2. The van der Waals surface area contributed by atoms with Gasteiger partial charge in [-0.15, -0.1) is 0 Å². The van der Waals surface area contributed by atoms with E-state index < -0.39 is 0 Å². The lowest BCUT2D eigenvalue weighted by Gasteiger charge is -2.25. The lowest BCUT2D eigenvalue weighted by Crippen LogP contribution is -3.00. The molecule has 1 aliphatic heterocycles. The minimum absolute atomic E-state index is 0. The van der Waals surface area contributed by atoms with Gasteiger partial charge < -0.3 is 17.3 Å². The first-order valence-electron chi connectivity index (χ1n) is 6.07. The van der Waals surface area contributed by atoms with E-state index in [9.17, 15) is 4.79 Å². The van der Waals surface area contributed by atoms with Crippen molar-refractivity contribution < 1.29 is 17.3 Å². The topological polar surface area (TPSA) is 63.1 Å². The van der Waals surface area contributed by atoms with Crippen LogP contribution in [0.2, 0.25) is 0 Å². The SMILES string of the molecule is CC1CCC(=C[NH+](C)C)c2ncc(C#N)c(=O)n21.[Cl-]. The van der Waals surface area contributed by atoms with Crippen molar-refractivity contribution >= 4 is 5.57 Å². The molecule has 19 heavy (non-hydrogen) atoms. The summed E-state index contributed by atoms with van der Waals surface area (Å²) in [4.78, 5) is 17.6. The summed E-state index contributed by atoms with van der Waals surface area (Å²) in [6, 6.07) is 2.00. The molecule has 2 heterocycles. The second-order valence-corrected chi connectivity index (χ2v) is 4.92. The van der Waals surface area contributed by atoms with E-state index in [0.717, 1.165) is 18.4 Å². The molecule has 0 fully saturated rings. The third-order valence-electron chi connectivity index (χ3n) is 3.14. The number of nitrogens with zero attached hydrogens (tertiary/aromatic N) is 3. The van der Waals surface area contributed by atoms with Crippen LogP contribution in [0.4, 0.5) is 0 Å². The van der Waals surface area contributed by atoms with Gasteiger partial charge in [0.05, 0.1) is 20.3 Å². The van der Waals surface area contributed by atoms with Crippen LogP contribution in [0, 0.1) is 11.3 Å². The highest BCUT2D eigenvalue weighted by atomic mass is 35.5. The van der Waals surface area contributed by atoms with Crippen molar-refractivity contribution in [2.75, 3.05) is 14.1 Å². The van der Waals surface area contributed by atoms with Gasteiger partial charge in [-0.05, 0) is 19.8 Å². The van der Waals surface area contributed by atoms with Gasteiger partial charge in [0, 0.05) is 11.6 Å². The van der Waals surface area contributed by atoms with Crippen LogP contribution in [0.3, 0.4) is 0 Å². The first-order valence-corrected chi connectivity index (χ1v) is 6.07. The van der Waals surface area contributed by atoms with Crippen LogP contribution in [0.15, 0.2) is 17.2 Å². The Bertz CT molecular complexity index is 598. The predicted molar refractivity (Wildman–Crippen MR) is 67.9 cm³/mol. The highest BCUT2D eigenvalue weighted by Crippen LogP contribution is 2.28. The fourth-order valence-corrected chi connectivity index (χ4v) is 2.28. The van der Waals surface area contributed by atoms with Crippen LogP contribution in [0.25, 0.3) is 5.57 Å². The zero-order valence-corrected chi connectivity index (χ0v) is 12.0. The molecule has 0 amide bonds. The number of nitriles is 1. The maximum Gasteiger partial charge on any atom is 0.271 e. The summed E-state index contributed by atoms with van der Waals surface area (Å²) >= 11 is 0. The van der Waals surface area contributed by atoms with Gasteiger partial charge in [-0.3, -0.25) is 9.36 Å². The second kappa shape index (κ2) is 6.00. The van der Waals surface area contributed by atoms with Crippen LogP contribution < -0.4 is 22.9 Å². The molecule has 2 rings (SSSR count). The molecular weight excluding hydrogens is 264 g/mol. The number of rotatable bonds is 1. The molecule has 0 aliphatic carbocycles. The van der Waals surface area contributed by atoms with E-state index in [1.807, 2.05) is 27.1 Å². The molecule has 1 aromatic heterocycles. The molecule has 1 unspecified atom stereocenters. The quantitative estimate of drug-likeness (QED) is 0.595. The Kier molecular flexibility index (Phi) is 4.87. The first kappa shape index (κ1) is 15.4. The molecule has 5 nitrogen and oxygen atoms in total. The molecule has 6 heteroatoms. The molecule has 1 atom stereocenters. The van der Waals surface area contributed by atoms with Gasteiger partial charge in [-0.1, -0.05) is 0 Å². The molecule has 0 saturated heterocycles. The van der Waals surface area contributed by atoms with Crippen molar-refractivity contribution in [1.82, 2.24) is 9.55 Å². The summed E-state index contributed by atoms with van der Waals surface area (Å²) in [5.41, 5.74) is 0.966. The summed E-state index contributed by atoms with van der Waals surface area (Å²) < 4.78 is 1.65. The number of halogens is 1. The summed E-state index contributed by atoms with van der Waals surface area (Å²) in [7, 11) is 4.05. The molecule has 102 valence electrons. The zero-order valence-electron chi connectivity index (χ0n) is 11.3. The Balaban J connectivity index is 0.00000180. The van der Waals surface area contributed by atoms with Crippen molar-refractivity contribution in [2.45, 2.75) is 25.8 Å². The van der Waals surface area contributed by atoms with E-state index >= 15 is 0 Å². The molecule has 0 radical (unpaired) electrons. The van der Waals surface area contributed by atoms with Crippen LogP contribution in [-0.2, 0) is 0 Å². The summed E-state index contributed by atoms with van der Waals surface area (Å²) in [6.07, 6.45) is 5.27. The van der Waals surface area contributed by atoms with Crippen LogP contribution >= 0.6 is 0 Å². The van der Waals surface area contributed by atoms with Crippen molar-refractivity contribution in [3.8, 4) is 6.07 Å². The van der Waals surface area contributed by atoms with Gasteiger partial charge in [-0.25, -0.2) is 4.98 Å². The average Bonchev–Trinajstić information content (AvgIpc) is 2.32. The molecule has 0 spiro atoms. The molecule has 0 bridgehead atoms. The van der Waals surface area contributed by atoms with Crippen LogP contribution in [0.1, 0.15) is 37.2 Å². The molecular formula is C13H17ClN4O. The lowest BCUT2D eigenvalue weighted by atomic mass is 10.0. The van der Waals surface area contributed by atoms with Crippen molar-refractivity contribution in [3.63, 3.8) is 0 Å². The third kappa shape index (κ3) is 2.86. The molecule has 1 aromatic rings. The molecule has 0 saturated carbocycles. The maximum absolute atomic E-state index is 12.2. The van der Waals surface area contributed by atoms with Crippen LogP contribution in [0.5, 0.6) is 0 Å². The Morgan fingerprint density at radius 2 is 2.26 bits per heavy atom. The second-order valence-electron chi connectivity index (χ2n) is 4.92. The number of allylic oxidation sites excluding steroid dienone is 1. The number of aromatic nitrogens is 2. The highest BCUT2D eigenvalue weighted by molar-refractivity contribution is 5.60. The molecule has 0 aromatic carbocycles. The predicted octanol–water partition coefficient (Wildman–Crippen LogP) is -3.04. The Hall–Kier alpha value is -1.64. The number of fused-ring (bicyclic) bond motifs is 1. The Labute approximate surface area is 118 Å². The van der Waals surface area contributed by atoms with Gasteiger partial charge in [0.1, 0.15) is 23.7 Å². The van der Waals surface area contributed by atoms with E-state index in [1.54, 1.807) is 4.57 Å². The standard InChI is InChI=1S/C13H16N4O.ClH/c1-9-4-5-10(8-16(2)3)12-15-7-11(6-14)13(18)17(9)12;/h7-9H,4-5H2,1-3H3;1H. The normalized spacial score (nSPS) is 19.7. The Morgan fingerprint density at radius 3 is 2.84 bits per heavy atom. The lowest BCUT2D eigenvalue weighted by molar-refractivity contribution is -0.800. The van der Waals surface area contributed by atoms with E-state index in [1.165, 1.54) is 11.1 Å². The van der Waals surface area contributed by atoms with E-state index in [-0.39, 0.29) is 29.6 Å². The monoisotopic (exact) mass is 280 g/mol. The van der Waals surface area contributed by atoms with Crippen LogP contribution in [-0.4, -0.2) is 23.6 Å². The van der Waals surface area contributed by atoms with E-state index in [2.05, 4.69) is 11.2 Å². The third-order valence-corrected chi connectivity index (χ3v) is 3.14. The molecule has 1 aliphatic rings. The molecule has 1 N–H and O–H groups in total. The fraction of sp³-hybridized carbons (Fsp3) is 0.462. The minimum Gasteiger partial charge on any atom is -1.00 e. The smallest absolute Gasteiger partial charge is 0.271 e. The summed E-state index contributed by atoms with van der Waals surface area (Å²) in [5, 5.41) is 8.90. The van der Waals surface area contributed by atoms with Gasteiger partial charge in [0.2, 0.25) is 0 Å². The van der Waals surface area contributed by atoms with E-state index in [4.69, 9.17) is 5.26 Å². The minimum atomic E-state index is -0.227. The number of hydrogen-bond acceptors (Lipinski definition) is 3. The Morgan fingerprint density at radius 1 is 1.58 bits per heavy atom. The summed E-state index contributed by atoms with van der Waals surface area (Å²) in [5.74, 6) is 0.707. The first-order chi connectivity index (χ1) is 8.54. The van der Waals surface area contributed by atoms with Gasteiger partial charge in [-0.2, -0.15) is 5.26 Å². The largest absolute Gasteiger partial charge is 1.00 e. The van der Waals surface area contributed by atoms with Crippen molar-refractivity contribution in [1.29, 1.82) is 5.26 Å². The van der Waals surface area contributed by atoms with Gasteiger partial charge in [0.15, 0.2) is 0 Å². The zero-order chi connectivity index (χ0) is 13.3. The fourth-order valence-electron chi connectivity index (χ4n) is 2.28. The van der Waals surface area contributed by atoms with Gasteiger partial charge in [0.25, 0.3) is 5.56 Å². The average molecular weight is 281 g/mol. The number of nitrogens with one attached hydrogen (secondary N) is 1. The summed E-state index contributed by atoms with van der Waals surface area (Å²) in [6.45, 7) is 1.99. The van der Waals surface area contributed by atoms with Crippen molar-refractivity contribution in [2.24, 2.45) is 0 Å². The van der Waals surface area contributed by atoms with Crippen molar-refractivity contribution in [3.05, 3.63) is 34.1 Å². The number of quaternary nitrogens is 1. The van der Waals surface area contributed by atoms with E-state index in [0.29, 0.717) is 5.82 Å². The van der Waals surface area contributed by atoms with Gasteiger partial charge >= 0.3 is 0 Å².